The summed E-state index contributed by atoms with van der Waals surface area (Å²) in [6.45, 7) is 7.61. The van der Waals surface area contributed by atoms with Crippen molar-refractivity contribution < 1.29 is 14.1 Å². The maximum Gasteiger partial charge on any atom is 0.255 e. The molecule has 2 aromatic rings. The molecule has 1 atom stereocenters. The van der Waals surface area contributed by atoms with E-state index in [1.54, 1.807) is 16.2 Å². The highest BCUT2D eigenvalue weighted by Crippen LogP contribution is 2.31. The van der Waals surface area contributed by atoms with Gasteiger partial charge in [0.1, 0.15) is 5.76 Å². The zero-order chi connectivity index (χ0) is 19.8. The Hall–Kier alpha value is -2.19. The van der Waals surface area contributed by atoms with E-state index < -0.39 is 0 Å². The fourth-order valence-corrected chi connectivity index (χ4v) is 5.33. The molecule has 0 unspecified atom stereocenters. The van der Waals surface area contributed by atoms with Crippen molar-refractivity contribution in [3.8, 4) is 0 Å². The van der Waals surface area contributed by atoms with Gasteiger partial charge in [0.15, 0.2) is 0 Å². The standard InChI is InChI=1S/C20H26N4O3S/c1-12-16(13(2)27-22-12)9-23-7-5-15-17(11-28-18(15)10-23)20(26)24-6-3-4-14(8-24)19(21)25/h11,14H,3-10H2,1-2H3,(H2,21,25)/t14-/m1/s1. The van der Waals surface area contributed by atoms with Crippen molar-refractivity contribution >= 4 is 23.2 Å². The van der Waals surface area contributed by atoms with Crippen LogP contribution in [0.25, 0.3) is 0 Å². The first-order valence-corrected chi connectivity index (χ1v) is 10.6. The highest BCUT2D eigenvalue weighted by atomic mass is 32.1. The van der Waals surface area contributed by atoms with Crippen LogP contribution in [0.4, 0.5) is 0 Å². The summed E-state index contributed by atoms with van der Waals surface area (Å²) in [5, 5.41) is 6.03. The van der Waals surface area contributed by atoms with E-state index in [1.165, 1.54) is 10.4 Å². The van der Waals surface area contributed by atoms with Gasteiger partial charge in [0.05, 0.1) is 17.2 Å². The van der Waals surface area contributed by atoms with Gasteiger partial charge in [-0.2, -0.15) is 0 Å². The number of carbonyl (C=O) groups excluding carboxylic acids is 2. The van der Waals surface area contributed by atoms with Gasteiger partial charge < -0.3 is 15.2 Å². The number of rotatable bonds is 4. The van der Waals surface area contributed by atoms with Crippen molar-refractivity contribution in [2.45, 2.75) is 46.2 Å². The van der Waals surface area contributed by atoms with Crippen molar-refractivity contribution in [1.29, 1.82) is 0 Å². The van der Waals surface area contributed by atoms with Crippen LogP contribution in [0.2, 0.25) is 0 Å². The molecule has 4 rings (SSSR count). The molecule has 0 radical (unpaired) electrons. The fourth-order valence-electron chi connectivity index (χ4n) is 4.21. The summed E-state index contributed by atoms with van der Waals surface area (Å²) in [5.41, 5.74) is 9.54. The quantitative estimate of drug-likeness (QED) is 0.847. The lowest BCUT2D eigenvalue weighted by Crippen LogP contribution is -2.44. The van der Waals surface area contributed by atoms with E-state index >= 15 is 0 Å². The molecule has 2 N–H and O–H groups in total. The largest absolute Gasteiger partial charge is 0.369 e. The third-order valence-corrected chi connectivity index (χ3v) is 6.94. The van der Waals surface area contributed by atoms with Crippen LogP contribution in [-0.2, 0) is 24.3 Å². The van der Waals surface area contributed by atoms with Gasteiger partial charge in [0, 0.05) is 48.5 Å². The van der Waals surface area contributed by atoms with E-state index in [4.69, 9.17) is 10.3 Å². The number of hydrogen-bond donors (Lipinski definition) is 1. The van der Waals surface area contributed by atoms with Crippen LogP contribution in [0.5, 0.6) is 0 Å². The molecule has 0 aliphatic carbocycles. The van der Waals surface area contributed by atoms with Crippen molar-refractivity contribution in [2.75, 3.05) is 19.6 Å². The Bertz CT molecular complexity index is 884. The number of amides is 2. The molecule has 0 aromatic carbocycles. The second kappa shape index (κ2) is 7.67. The molecule has 28 heavy (non-hydrogen) atoms. The van der Waals surface area contributed by atoms with E-state index in [1.807, 2.05) is 19.2 Å². The Morgan fingerprint density at radius 2 is 2.18 bits per heavy atom. The summed E-state index contributed by atoms with van der Waals surface area (Å²) >= 11 is 1.66. The summed E-state index contributed by atoms with van der Waals surface area (Å²) in [6, 6.07) is 0. The normalized spacial score (nSPS) is 20.2. The van der Waals surface area contributed by atoms with Crippen LogP contribution in [-0.4, -0.2) is 46.4 Å². The van der Waals surface area contributed by atoms with Crippen LogP contribution in [0.3, 0.4) is 0 Å². The number of aromatic nitrogens is 1. The van der Waals surface area contributed by atoms with Crippen LogP contribution >= 0.6 is 11.3 Å². The van der Waals surface area contributed by atoms with Crippen LogP contribution in [0, 0.1) is 19.8 Å². The minimum atomic E-state index is -0.306. The molecule has 4 heterocycles. The van der Waals surface area contributed by atoms with E-state index in [9.17, 15) is 9.59 Å². The average Bonchev–Trinajstić information content (AvgIpc) is 3.25. The summed E-state index contributed by atoms with van der Waals surface area (Å²) in [7, 11) is 0. The predicted molar refractivity (Wildman–Crippen MR) is 106 cm³/mol. The molecule has 150 valence electrons. The van der Waals surface area contributed by atoms with Gasteiger partial charge in [-0.25, -0.2) is 0 Å². The third kappa shape index (κ3) is 3.58. The van der Waals surface area contributed by atoms with Gasteiger partial charge in [-0.3, -0.25) is 14.5 Å². The smallest absolute Gasteiger partial charge is 0.255 e. The molecule has 1 saturated heterocycles. The molecule has 0 saturated carbocycles. The Kier molecular flexibility index (Phi) is 5.25. The van der Waals surface area contributed by atoms with Gasteiger partial charge in [0.2, 0.25) is 5.91 Å². The van der Waals surface area contributed by atoms with E-state index in [0.29, 0.717) is 13.1 Å². The number of fused-ring (bicyclic) bond motifs is 1. The Morgan fingerprint density at radius 3 is 2.89 bits per heavy atom. The SMILES string of the molecule is Cc1noc(C)c1CN1CCc2c(C(=O)N3CCC[C@@H](C(N)=O)C3)csc2C1. The summed E-state index contributed by atoms with van der Waals surface area (Å²) in [4.78, 5) is 30.0. The van der Waals surface area contributed by atoms with Crippen molar-refractivity contribution in [2.24, 2.45) is 11.7 Å². The number of hydrogen-bond acceptors (Lipinski definition) is 6. The molecule has 7 nitrogen and oxygen atoms in total. The van der Waals surface area contributed by atoms with Crippen LogP contribution in [0.15, 0.2) is 9.90 Å². The molecule has 0 spiro atoms. The first-order chi connectivity index (χ1) is 13.4. The molecular formula is C20H26N4O3S. The molecular weight excluding hydrogens is 376 g/mol. The van der Waals surface area contributed by atoms with Gasteiger partial charge in [-0.1, -0.05) is 5.16 Å². The van der Waals surface area contributed by atoms with E-state index in [2.05, 4.69) is 10.1 Å². The first-order valence-electron chi connectivity index (χ1n) is 9.76. The van der Waals surface area contributed by atoms with Crippen molar-refractivity contribution in [1.82, 2.24) is 15.0 Å². The van der Waals surface area contributed by atoms with Gasteiger partial charge >= 0.3 is 0 Å². The highest BCUT2D eigenvalue weighted by Gasteiger charge is 2.31. The number of primary amides is 1. The van der Waals surface area contributed by atoms with E-state index in [-0.39, 0.29) is 17.7 Å². The molecule has 8 heteroatoms. The minimum absolute atomic E-state index is 0.0441. The average molecular weight is 403 g/mol. The zero-order valence-corrected chi connectivity index (χ0v) is 17.2. The minimum Gasteiger partial charge on any atom is -0.369 e. The van der Waals surface area contributed by atoms with Crippen LogP contribution in [0.1, 0.15) is 50.7 Å². The number of likely N-dealkylation sites (tertiary alicyclic amines) is 1. The lowest BCUT2D eigenvalue weighted by Gasteiger charge is -2.32. The number of nitrogens with zero attached hydrogens (tertiary/aromatic N) is 3. The molecule has 2 aliphatic heterocycles. The Labute approximate surface area is 168 Å². The number of thiophene rings is 1. The number of nitrogens with two attached hydrogens (primary N) is 1. The summed E-state index contributed by atoms with van der Waals surface area (Å²) in [5.74, 6) is 0.389. The van der Waals surface area contributed by atoms with Gasteiger partial charge in [-0.15, -0.1) is 11.3 Å². The number of aryl methyl sites for hydroxylation is 2. The first kappa shape index (κ1) is 19.1. The Balaban J connectivity index is 1.46. The number of carbonyl (C=O) groups is 2. The Morgan fingerprint density at radius 1 is 1.36 bits per heavy atom. The lowest BCUT2D eigenvalue weighted by atomic mass is 9.96. The zero-order valence-electron chi connectivity index (χ0n) is 16.4. The maximum absolute atomic E-state index is 13.1. The second-order valence-electron chi connectivity index (χ2n) is 7.81. The topological polar surface area (TPSA) is 92.7 Å². The lowest BCUT2D eigenvalue weighted by molar-refractivity contribution is -0.123. The van der Waals surface area contributed by atoms with Crippen molar-refractivity contribution in [3.63, 3.8) is 0 Å². The summed E-state index contributed by atoms with van der Waals surface area (Å²) < 4.78 is 5.28. The van der Waals surface area contributed by atoms with E-state index in [0.717, 1.165) is 61.5 Å². The molecule has 0 bridgehead atoms. The monoisotopic (exact) mass is 402 g/mol. The maximum atomic E-state index is 13.1. The number of piperidine rings is 1. The second-order valence-corrected chi connectivity index (χ2v) is 8.77. The van der Waals surface area contributed by atoms with Gasteiger partial charge in [0.25, 0.3) is 5.91 Å². The fraction of sp³-hybridized carbons (Fsp3) is 0.550. The molecule has 2 aliphatic rings. The van der Waals surface area contributed by atoms with Gasteiger partial charge in [-0.05, 0) is 38.7 Å². The highest BCUT2D eigenvalue weighted by molar-refractivity contribution is 7.10. The predicted octanol–water partition coefficient (Wildman–Crippen LogP) is 2.25. The molecule has 1 fully saturated rings. The van der Waals surface area contributed by atoms with Crippen molar-refractivity contribution in [3.05, 3.63) is 38.4 Å². The molecule has 2 aromatic heterocycles. The molecule has 2 amide bonds. The summed E-state index contributed by atoms with van der Waals surface area (Å²) in [6.07, 6.45) is 2.46. The third-order valence-electron chi connectivity index (χ3n) is 5.93. The van der Waals surface area contributed by atoms with Crippen LogP contribution < -0.4 is 5.73 Å².